The van der Waals surface area contributed by atoms with Crippen molar-refractivity contribution < 1.29 is 14.3 Å². The van der Waals surface area contributed by atoms with Crippen molar-refractivity contribution in [1.82, 2.24) is 14.7 Å². The Morgan fingerprint density at radius 1 is 1.00 bits per heavy atom. The SMILES string of the molecule is CCN(Cc1ccccc1)C1=C(c2cccs2)C(=O)N(CCCN2CCOCC2)C1=O. The number of morpholine rings is 1. The number of carbonyl (C=O) groups is 2. The van der Waals surface area contributed by atoms with Gasteiger partial charge in [0, 0.05) is 44.1 Å². The molecule has 0 unspecified atom stereocenters. The fourth-order valence-electron chi connectivity index (χ4n) is 4.13. The lowest BCUT2D eigenvalue weighted by Crippen LogP contribution is -2.40. The van der Waals surface area contributed by atoms with Crippen molar-refractivity contribution in [1.29, 1.82) is 0 Å². The maximum absolute atomic E-state index is 13.5. The number of hydrogen-bond acceptors (Lipinski definition) is 6. The summed E-state index contributed by atoms with van der Waals surface area (Å²) in [5.74, 6) is -0.343. The van der Waals surface area contributed by atoms with Crippen LogP contribution in [-0.4, -0.2) is 72.5 Å². The zero-order valence-corrected chi connectivity index (χ0v) is 18.8. The Kier molecular flexibility index (Phi) is 7.17. The summed E-state index contributed by atoms with van der Waals surface area (Å²) in [4.78, 5) is 33.5. The van der Waals surface area contributed by atoms with E-state index in [1.54, 1.807) is 0 Å². The summed E-state index contributed by atoms with van der Waals surface area (Å²) in [5, 5.41) is 1.95. The number of hydrogen-bond donors (Lipinski definition) is 0. The highest BCUT2D eigenvalue weighted by Gasteiger charge is 2.41. The molecule has 2 aliphatic heterocycles. The number of nitrogens with zero attached hydrogens (tertiary/aromatic N) is 3. The molecule has 1 aromatic heterocycles. The van der Waals surface area contributed by atoms with Gasteiger partial charge in [0.1, 0.15) is 5.70 Å². The van der Waals surface area contributed by atoms with Gasteiger partial charge in [-0.15, -0.1) is 11.3 Å². The van der Waals surface area contributed by atoms with E-state index in [0.29, 0.717) is 30.9 Å². The second kappa shape index (κ2) is 10.2. The van der Waals surface area contributed by atoms with Gasteiger partial charge in [-0.05, 0) is 30.4 Å². The minimum Gasteiger partial charge on any atom is -0.379 e. The Hall–Kier alpha value is -2.48. The lowest BCUT2D eigenvalue weighted by atomic mass is 10.1. The smallest absolute Gasteiger partial charge is 0.277 e. The number of carbonyl (C=O) groups excluding carboxylic acids is 2. The highest BCUT2D eigenvalue weighted by atomic mass is 32.1. The Morgan fingerprint density at radius 2 is 1.77 bits per heavy atom. The van der Waals surface area contributed by atoms with Gasteiger partial charge < -0.3 is 9.64 Å². The number of benzene rings is 1. The predicted octanol–water partition coefficient (Wildman–Crippen LogP) is 3.07. The van der Waals surface area contributed by atoms with Gasteiger partial charge in [0.15, 0.2) is 0 Å². The molecule has 1 fully saturated rings. The van der Waals surface area contributed by atoms with Crippen molar-refractivity contribution in [3.63, 3.8) is 0 Å². The first kappa shape index (κ1) is 21.7. The average molecular weight is 440 g/mol. The summed E-state index contributed by atoms with van der Waals surface area (Å²) < 4.78 is 5.40. The number of amides is 2. The molecule has 0 aliphatic carbocycles. The van der Waals surface area contributed by atoms with Crippen LogP contribution >= 0.6 is 11.3 Å². The van der Waals surface area contributed by atoms with Gasteiger partial charge in [-0.3, -0.25) is 19.4 Å². The molecule has 0 N–H and O–H groups in total. The number of imide groups is 1. The molecule has 0 spiro atoms. The molecule has 164 valence electrons. The maximum Gasteiger partial charge on any atom is 0.277 e. The molecular formula is C24H29N3O3S. The van der Waals surface area contributed by atoms with E-state index in [1.807, 2.05) is 47.5 Å². The van der Waals surface area contributed by atoms with E-state index < -0.39 is 0 Å². The second-order valence-corrected chi connectivity index (χ2v) is 8.72. The quantitative estimate of drug-likeness (QED) is 0.562. The van der Waals surface area contributed by atoms with Crippen LogP contribution in [0.5, 0.6) is 0 Å². The first-order chi connectivity index (χ1) is 15.2. The molecule has 7 heteroatoms. The third kappa shape index (κ3) is 4.89. The molecule has 0 radical (unpaired) electrons. The first-order valence-electron chi connectivity index (χ1n) is 10.9. The van der Waals surface area contributed by atoms with E-state index in [1.165, 1.54) is 16.2 Å². The van der Waals surface area contributed by atoms with Gasteiger partial charge in [0.2, 0.25) is 0 Å². The van der Waals surface area contributed by atoms with Crippen LogP contribution in [0, 0.1) is 0 Å². The normalized spacial score (nSPS) is 17.6. The first-order valence-corrected chi connectivity index (χ1v) is 11.8. The summed E-state index contributed by atoms with van der Waals surface area (Å²) >= 11 is 1.51. The molecule has 1 aromatic carbocycles. The summed E-state index contributed by atoms with van der Waals surface area (Å²) in [6, 6.07) is 13.9. The Balaban J connectivity index is 1.54. The molecule has 31 heavy (non-hydrogen) atoms. The van der Waals surface area contributed by atoms with Crippen LogP contribution in [0.2, 0.25) is 0 Å². The van der Waals surface area contributed by atoms with E-state index in [4.69, 9.17) is 4.74 Å². The Bertz CT molecular complexity index is 921. The van der Waals surface area contributed by atoms with Crippen molar-refractivity contribution in [3.05, 3.63) is 64.0 Å². The van der Waals surface area contributed by atoms with Crippen LogP contribution in [0.1, 0.15) is 23.8 Å². The van der Waals surface area contributed by atoms with Crippen LogP contribution in [0.3, 0.4) is 0 Å². The summed E-state index contributed by atoms with van der Waals surface area (Å²) in [7, 11) is 0. The molecule has 0 atom stereocenters. The molecule has 2 amide bonds. The van der Waals surface area contributed by atoms with E-state index in [0.717, 1.165) is 49.7 Å². The van der Waals surface area contributed by atoms with Crippen molar-refractivity contribution in [2.45, 2.75) is 19.9 Å². The van der Waals surface area contributed by atoms with Crippen LogP contribution in [0.25, 0.3) is 5.57 Å². The molecule has 0 bridgehead atoms. The Labute approximate surface area is 187 Å². The van der Waals surface area contributed by atoms with Gasteiger partial charge in [0.05, 0.1) is 18.8 Å². The molecule has 3 heterocycles. The van der Waals surface area contributed by atoms with Gasteiger partial charge in [-0.2, -0.15) is 0 Å². The number of ether oxygens (including phenoxy) is 1. The van der Waals surface area contributed by atoms with Crippen molar-refractivity contribution in [3.8, 4) is 0 Å². The van der Waals surface area contributed by atoms with Gasteiger partial charge in [-0.1, -0.05) is 36.4 Å². The van der Waals surface area contributed by atoms with E-state index in [9.17, 15) is 9.59 Å². The third-order valence-electron chi connectivity index (χ3n) is 5.79. The highest BCUT2D eigenvalue weighted by molar-refractivity contribution is 7.11. The van der Waals surface area contributed by atoms with Gasteiger partial charge in [0.25, 0.3) is 11.8 Å². The van der Waals surface area contributed by atoms with Crippen molar-refractivity contribution in [2.24, 2.45) is 0 Å². The fourth-order valence-corrected chi connectivity index (χ4v) is 4.90. The molecule has 6 nitrogen and oxygen atoms in total. The summed E-state index contributed by atoms with van der Waals surface area (Å²) in [5.41, 5.74) is 2.20. The lowest BCUT2D eigenvalue weighted by molar-refractivity contribution is -0.137. The minimum atomic E-state index is -0.173. The molecule has 0 saturated carbocycles. The molecule has 4 rings (SSSR count). The van der Waals surface area contributed by atoms with Gasteiger partial charge in [-0.25, -0.2) is 0 Å². The zero-order valence-electron chi connectivity index (χ0n) is 18.0. The number of likely N-dealkylation sites (N-methyl/N-ethyl adjacent to an activating group) is 1. The monoisotopic (exact) mass is 439 g/mol. The topological polar surface area (TPSA) is 53.1 Å². The number of thiophene rings is 1. The molecule has 2 aromatic rings. The van der Waals surface area contributed by atoms with E-state index in [2.05, 4.69) is 17.0 Å². The zero-order chi connectivity index (χ0) is 21.6. The second-order valence-electron chi connectivity index (χ2n) is 7.77. The molecule has 1 saturated heterocycles. The average Bonchev–Trinajstić information content (AvgIpc) is 3.41. The van der Waals surface area contributed by atoms with E-state index in [-0.39, 0.29) is 11.8 Å². The Morgan fingerprint density at radius 3 is 2.45 bits per heavy atom. The minimum absolute atomic E-state index is 0.170. The third-order valence-corrected chi connectivity index (χ3v) is 6.67. The van der Waals surface area contributed by atoms with Crippen molar-refractivity contribution in [2.75, 3.05) is 45.9 Å². The largest absolute Gasteiger partial charge is 0.379 e. The highest BCUT2D eigenvalue weighted by Crippen LogP contribution is 2.34. The molecular weight excluding hydrogens is 410 g/mol. The van der Waals surface area contributed by atoms with Crippen LogP contribution in [0.4, 0.5) is 0 Å². The fraction of sp³-hybridized carbons (Fsp3) is 0.417. The van der Waals surface area contributed by atoms with Crippen molar-refractivity contribution >= 4 is 28.7 Å². The predicted molar refractivity (Wildman–Crippen MR) is 122 cm³/mol. The van der Waals surface area contributed by atoms with Crippen LogP contribution < -0.4 is 0 Å². The summed E-state index contributed by atoms with van der Waals surface area (Å²) in [6.07, 6.45) is 0.771. The lowest BCUT2D eigenvalue weighted by Gasteiger charge is -2.27. The van der Waals surface area contributed by atoms with E-state index >= 15 is 0 Å². The molecule has 2 aliphatic rings. The van der Waals surface area contributed by atoms with Gasteiger partial charge >= 0.3 is 0 Å². The standard InChI is InChI=1S/C24H29N3O3S/c1-2-26(18-19-8-4-3-5-9-19)22-21(20-10-6-17-31-20)23(28)27(24(22)29)12-7-11-25-13-15-30-16-14-25/h3-6,8-10,17H,2,7,11-16,18H2,1H3. The summed E-state index contributed by atoms with van der Waals surface area (Å²) in [6.45, 7) is 7.91. The number of rotatable bonds is 9. The van der Waals surface area contributed by atoms with Crippen LogP contribution in [-0.2, 0) is 20.9 Å². The maximum atomic E-state index is 13.5. The van der Waals surface area contributed by atoms with Crippen LogP contribution in [0.15, 0.2) is 53.5 Å².